The smallest absolute Gasteiger partial charge is 0.323 e. The largest absolute Gasteiger partial charge is 0.496 e. The second-order valence-corrected chi connectivity index (χ2v) is 5.58. The van der Waals surface area contributed by atoms with Gasteiger partial charge < -0.3 is 14.7 Å². The van der Waals surface area contributed by atoms with E-state index in [0.29, 0.717) is 17.7 Å². The molecular formula is C19H20FNO4. The molecule has 0 atom stereocenters. The van der Waals surface area contributed by atoms with Crippen molar-refractivity contribution >= 4 is 11.9 Å². The van der Waals surface area contributed by atoms with E-state index >= 15 is 0 Å². The third-order valence-electron chi connectivity index (χ3n) is 3.78. The zero-order valence-corrected chi connectivity index (χ0v) is 13.9. The fraction of sp³-hybridized carbons (Fsp3) is 0.263. The Balaban J connectivity index is 2.10. The molecular weight excluding hydrogens is 325 g/mol. The Kier molecular flexibility index (Phi) is 6.51. The second-order valence-electron chi connectivity index (χ2n) is 5.58. The van der Waals surface area contributed by atoms with Crippen LogP contribution in [0, 0.1) is 5.82 Å². The SMILES string of the molecule is COc1ccc(F)cc1CC(=O)N(CCc1ccccc1)CC(=O)O. The molecule has 0 saturated carbocycles. The van der Waals surface area contributed by atoms with Gasteiger partial charge >= 0.3 is 5.97 Å². The Hall–Kier alpha value is -2.89. The van der Waals surface area contributed by atoms with E-state index in [0.717, 1.165) is 5.56 Å². The minimum Gasteiger partial charge on any atom is -0.496 e. The van der Waals surface area contributed by atoms with Crippen molar-refractivity contribution in [2.45, 2.75) is 12.8 Å². The highest BCUT2D eigenvalue weighted by Gasteiger charge is 2.19. The molecule has 0 fully saturated rings. The van der Waals surface area contributed by atoms with Gasteiger partial charge in [-0.15, -0.1) is 0 Å². The predicted molar refractivity (Wildman–Crippen MR) is 91.0 cm³/mol. The topological polar surface area (TPSA) is 66.8 Å². The number of benzene rings is 2. The summed E-state index contributed by atoms with van der Waals surface area (Å²) in [6.45, 7) is -0.129. The van der Waals surface area contributed by atoms with Gasteiger partial charge in [0.05, 0.1) is 13.5 Å². The molecule has 5 nitrogen and oxygen atoms in total. The number of carboxylic acid groups (broad SMARTS) is 1. The Morgan fingerprint density at radius 3 is 2.52 bits per heavy atom. The number of carboxylic acids is 1. The Morgan fingerprint density at radius 1 is 1.16 bits per heavy atom. The first kappa shape index (κ1) is 18.4. The maximum absolute atomic E-state index is 13.4. The van der Waals surface area contributed by atoms with Gasteiger partial charge in [0.2, 0.25) is 5.91 Å². The monoisotopic (exact) mass is 345 g/mol. The molecule has 132 valence electrons. The molecule has 0 aliphatic carbocycles. The third-order valence-corrected chi connectivity index (χ3v) is 3.78. The van der Waals surface area contributed by atoms with Gasteiger partial charge in [-0.3, -0.25) is 9.59 Å². The van der Waals surface area contributed by atoms with Crippen molar-refractivity contribution in [2.24, 2.45) is 0 Å². The fourth-order valence-corrected chi connectivity index (χ4v) is 2.52. The summed E-state index contributed by atoms with van der Waals surface area (Å²) in [6.07, 6.45) is 0.420. The van der Waals surface area contributed by atoms with Gasteiger partial charge in [0.25, 0.3) is 0 Å². The number of halogens is 1. The van der Waals surface area contributed by atoms with Crippen LogP contribution in [-0.4, -0.2) is 42.1 Å². The molecule has 1 amide bonds. The molecule has 6 heteroatoms. The van der Waals surface area contributed by atoms with Crippen molar-refractivity contribution in [1.29, 1.82) is 0 Å². The molecule has 1 N–H and O–H groups in total. The van der Waals surface area contributed by atoms with Crippen molar-refractivity contribution < 1.29 is 23.8 Å². The van der Waals surface area contributed by atoms with Gasteiger partial charge in [-0.05, 0) is 30.2 Å². The summed E-state index contributed by atoms with van der Waals surface area (Å²) in [5, 5.41) is 9.06. The lowest BCUT2D eigenvalue weighted by molar-refractivity contribution is -0.144. The average molecular weight is 345 g/mol. The molecule has 0 aliphatic rings. The number of rotatable bonds is 8. The lowest BCUT2D eigenvalue weighted by Gasteiger charge is -2.21. The average Bonchev–Trinajstić information content (AvgIpc) is 2.59. The number of ether oxygens (including phenoxy) is 1. The van der Waals surface area contributed by atoms with Crippen LogP contribution in [0.1, 0.15) is 11.1 Å². The summed E-state index contributed by atoms with van der Waals surface area (Å²) in [5.41, 5.74) is 1.40. The quantitative estimate of drug-likeness (QED) is 0.798. The van der Waals surface area contributed by atoms with Crippen LogP contribution in [0.25, 0.3) is 0 Å². The van der Waals surface area contributed by atoms with Crippen LogP contribution in [0.2, 0.25) is 0 Å². The normalized spacial score (nSPS) is 10.3. The van der Waals surface area contributed by atoms with Gasteiger partial charge in [0.1, 0.15) is 18.1 Å². The molecule has 2 aromatic rings. The van der Waals surface area contributed by atoms with E-state index < -0.39 is 18.3 Å². The van der Waals surface area contributed by atoms with Gasteiger partial charge in [-0.2, -0.15) is 0 Å². The lowest BCUT2D eigenvalue weighted by Crippen LogP contribution is -2.38. The Morgan fingerprint density at radius 2 is 1.88 bits per heavy atom. The molecule has 0 unspecified atom stereocenters. The van der Waals surface area contributed by atoms with Crippen molar-refractivity contribution in [2.75, 3.05) is 20.2 Å². The van der Waals surface area contributed by atoms with Gasteiger partial charge in [-0.25, -0.2) is 4.39 Å². The summed E-state index contributed by atoms with van der Waals surface area (Å²) in [7, 11) is 1.44. The number of hydrogen-bond donors (Lipinski definition) is 1. The van der Waals surface area contributed by atoms with E-state index in [-0.39, 0.29) is 18.9 Å². The van der Waals surface area contributed by atoms with Crippen LogP contribution in [0.4, 0.5) is 4.39 Å². The second kappa shape index (κ2) is 8.82. The number of nitrogens with zero attached hydrogens (tertiary/aromatic N) is 1. The number of aliphatic carboxylic acids is 1. The van der Waals surface area contributed by atoms with Crippen LogP contribution < -0.4 is 4.74 Å². The maximum Gasteiger partial charge on any atom is 0.323 e. The molecule has 0 saturated heterocycles. The first-order valence-electron chi connectivity index (χ1n) is 7.85. The van der Waals surface area contributed by atoms with E-state index in [2.05, 4.69) is 0 Å². The number of carbonyl (C=O) groups excluding carboxylic acids is 1. The number of carbonyl (C=O) groups is 2. The summed E-state index contributed by atoms with van der Waals surface area (Å²) in [5.74, 6) is -1.55. The van der Waals surface area contributed by atoms with Crippen LogP contribution in [-0.2, 0) is 22.4 Å². The zero-order chi connectivity index (χ0) is 18.2. The van der Waals surface area contributed by atoms with Crippen LogP contribution >= 0.6 is 0 Å². The van der Waals surface area contributed by atoms with Crippen LogP contribution in [0.3, 0.4) is 0 Å². The summed E-state index contributed by atoms with van der Waals surface area (Å²) < 4.78 is 18.6. The summed E-state index contributed by atoms with van der Waals surface area (Å²) in [6, 6.07) is 13.4. The predicted octanol–water partition coefficient (Wildman–Crippen LogP) is 2.53. The minimum absolute atomic E-state index is 0.122. The number of methoxy groups -OCH3 is 1. The maximum atomic E-state index is 13.4. The van der Waals surface area contributed by atoms with Gasteiger partial charge in [0, 0.05) is 12.1 Å². The molecule has 0 heterocycles. The highest BCUT2D eigenvalue weighted by atomic mass is 19.1. The van der Waals surface area contributed by atoms with E-state index in [1.54, 1.807) is 0 Å². The molecule has 0 aromatic heterocycles. The molecule has 0 aliphatic heterocycles. The van der Waals surface area contributed by atoms with Crippen LogP contribution in [0.5, 0.6) is 5.75 Å². The standard InChI is InChI=1S/C19H20FNO4/c1-25-17-8-7-16(20)11-15(17)12-18(22)21(13-19(23)24)10-9-14-5-3-2-4-6-14/h2-8,11H,9-10,12-13H2,1H3,(H,23,24). The van der Waals surface area contributed by atoms with Crippen molar-refractivity contribution in [1.82, 2.24) is 4.90 Å². The Bertz CT molecular complexity index is 733. The molecule has 0 spiro atoms. The fourth-order valence-electron chi connectivity index (χ4n) is 2.52. The minimum atomic E-state index is -1.09. The first-order valence-corrected chi connectivity index (χ1v) is 7.85. The van der Waals surface area contributed by atoms with Crippen molar-refractivity contribution in [3.63, 3.8) is 0 Å². The van der Waals surface area contributed by atoms with Crippen molar-refractivity contribution in [3.05, 3.63) is 65.5 Å². The molecule has 2 rings (SSSR count). The number of amides is 1. The molecule has 25 heavy (non-hydrogen) atoms. The first-order chi connectivity index (χ1) is 12.0. The molecule has 0 bridgehead atoms. The number of hydrogen-bond acceptors (Lipinski definition) is 3. The van der Waals surface area contributed by atoms with Crippen molar-refractivity contribution in [3.8, 4) is 5.75 Å². The molecule has 0 radical (unpaired) electrons. The van der Waals surface area contributed by atoms with Crippen LogP contribution in [0.15, 0.2) is 48.5 Å². The highest BCUT2D eigenvalue weighted by Crippen LogP contribution is 2.20. The molecule has 2 aromatic carbocycles. The van der Waals surface area contributed by atoms with E-state index in [1.165, 1.54) is 30.2 Å². The Labute approximate surface area is 145 Å². The zero-order valence-electron chi connectivity index (χ0n) is 13.9. The van der Waals surface area contributed by atoms with E-state index in [4.69, 9.17) is 9.84 Å². The van der Waals surface area contributed by atoms with Gasteiger partial charge in [0.15, 0.2) is 0 Å². The summed E-state index contributed by atoms with van der Waals surface area (Å²) in [4.78, 5) is 24.9. The van der Waals surface area contributed by atoms with Gasteiger partial charge in [-0.1, -0.05) is 30.3 Å². The third kappa shape index (κ3) is 5.60. The summed E-state index contributed by atoms with van der Waals surface area (Å²) >= 11 is 0. The lowest BCUT2D eigenvalue weighted by atomic mass is 10.1. The highest BCUT2D eigenvalue weighted by molar-refractivity contribution is 5.83. The van der Waals surface area contributed by atoms with E-state index in [1.807, 2.05) is 30.3 Å². The van der Waals surface area contributed by atoms with E-state index in [9.17, 15) is 14.0 Å².